The Morgan fingerprint density at radius 3 is 2.07 bits per heavy atom. The first-order valence-electron chi connectivity index (χ1n) is 14.7. The predicted octanol–water partition coefficient (Wildman–Crippen LogP) is 5.29. The number of hydrogen-bond donors (Lipinski definition) is 2. The third-order valence-corrected chi connectivity index (χ3v) is 11.9. The lowest BCUT2D eigenvalue weighted by Gasteiger charge is -2.43. The summed E-state index contributed by atoms with van der Waals surface area (Å²) in [6.45, 7) is 6.27. The highest BCUT2D eigenvalue weighted by atomic mass is 32.2. The van der Waals surface area contributed by atoms with Gasteiger partial charge in [-0.05, 0) is 107 Å². The van der Waals surface area contributed by atoms with Gasteiger partial charge < -0.3 is 10.6 Å². The number of fused-ring (bicyclic) bond motifs is 2. The van der Waals surface area contributed by atoms with Crippen molar-refractivity contribution in [3.63, 3.8) is 0 Å². The van der Waals surface area contributed by atoms with E-state index < -0.39 is 42.6 Å². The average molecular weight is 609 g/mol. The fourth-order valence-corrected chi connectivity index (χ4v) is 9.74. The third kappa shape index (κ3) is 4.53. The molecule has 2 unspecified atom stereocenters. The highest BCUT2D eigenvalue weighted by Gasteiger charge is 2.73. The molecule has 2 heterocycles. The Labute approximate surface area is 250 Å². The molecule has 1 saturated carbocycles. The summed E-state index contributed by atoms with van der Waals surface area (Å²) in [6, 6.07) is 15.0. The molecule has 2 fully saturated rings. The molecule has 226 valence electrons. The SMILES string of the molecule is CC(=O)[N+]1(S(=O)(=O)c2ccc(F)cc2)c2ccc(C(=O)NC(C)(C)c3ccc(F)cc3)cc2C2(CCNCC2)C1C1CC1. The Morgan fingerprint density at radius 2 is 1.51 bits per heavy atom. The summed E-state index contributed by atoms with van der Waals surface area (Å²) < 4.78 is 56.0. The number of carbonyl (C=O) groups excluding carboxylic acids is 2. The van der Waals surface area contributed by atoms with Gasteiger partial charge in [0, 0.05) is 23.1 Å². The molecule has 2 N–H and O–H groups in total. The zero-order chi connectivity index (χ0) is 30.8. The predicted molar refractivity (Wildman–Crippen MR) is 160 cm³/mol. The highest BCUT2D eigenvalue weighted by Crippen LogP contribution is 2.62. The molecule has 3 aromatic carbocycles. The molecule has 1 spiro atoms. The first-order chi connectivity index (χ1) is 20.3. The van der Waals surface area contributed by atoms with Crippen molar-refractivity contribution in [1.82, 2.24) is 14.5 Å². The molecule has 10 heteroatoms. The molecular formula is C33H36F2N3O4S+. The van der Waals surface area contributed by atoms with E-state index in [1.54, 1.807) is 30.3 Å². The van der Waals surface area contributed by atoms with Crippen LogP contribution >= 0.6 is 0 Å². The number of nitrogens with one attached hydrogen (secondary N) is 2. The van der Waals surface area contributed by atoms with Gasteiger partial charge in [-0.3, -0.25) is 4.79 Å². The Bertz CT molecular complexity index is 1700. The summed E-state index contributed by atoms with van der Waals surface area (Å²) in [5.74, 6) is -1.82. The number of quaternary nitrogens is 1. The number of carbonyl (C=O) groups is 2. The van der Waals surface area contributed by atoms with Crippen molar-refractivity contribution in [2.24, 2.45) is 5.92 Å². The van der Waals surface area contributed by atoms with Crippen molar-refractivity contribution in [3.05, 3.63) is 95.1 Å². The Morgan fingerprint density at radius 1 is 0.930 bits per heavy atom. The second-order valence-electron chi connectivity index (χ2n) is 12.6. The molecule has 3 aliphatic rings. The third-order valence-electron chi connectivity index (χ3n) is 9.63. The first-order valence-corrected chi connectivity index (χ1v) is 16.1. The van der Waals surface area contributed by atoms with E-state index in [0.717, 1.165) is 30.5 Å². The van der Waals surface area contributed by atoms with Crippen molar-refractivity contribution in [1.29, 1.82) is 0 Å². The largest absolute Gasteiger partial charge is 0.343 e. The quantitative estimate of drug-likeness (QED) is 0.372. The summed E-state index contributed by atoms with van der Waals surface area (Å²) in [7, 11) is -4.39. The molecule has 2 atom stereocenters. The lowest BCUT2D eigenvalue weighted by molar-refractivity contribution is -0.126. The van der Waals surface area contributed by atoms with Crippen molar-refractivity contribution in [2.45, 2.75) is 68.3 Å². The van der Waals surface area contributed by atoms with Gasteiger partial charge in [0.05, 0.1) is 17.9 Å². The molecule has 1 saturated heterocycles. The van der Waals surface area contributed by atoms with Gasteiger partial charge in [0.25, 0.3) is 5.91 Å². The maximum atomic E-state index is 14.7. The van der Waals surface area contributed by atoms with Crippen LogP contribution in [0.25, 0.3) is 0 Å². The van der Waals surface area contributed by atoms with E-state index in [1.165, 1.54) is 31.2 Å². The summed E-state index contributed by atoms with van der Waals surface area (Å²) in [5.41, 5.74) is 0.666. The molecule has 0 aromatic heterocycles. The molecule has 1 aliphatic carbocycles. The number of nitrogens with zero attached hydrogens (tertiary/aromatic N) is 1. The highest BCUT2D eigenvalue weighted by molar-refractivity contribution is 7.91. The number of rotatable bonds is 6. The second kappa shape index (κ2) is 10.3. The van der Waals surface area contributed by atoms with Crippen LogP contribution in [0.1, 0.15) is 67.9 Å². The number of hydrogen-bond acceptors (Lipinski definition) is 5. The van der Waals surface area contributed by atoms with E-state index in [9.17, 15) is 26.8 Å². The molecule has 2 amide bonds. The number of benzene rings is 3. The maximum Gasteiger partial charge on any atom is 0.339 e. The minimum atomic E-state index is -4.39. The van der Waals surface area contributed by atoms with Gasteiger partial charge in [0.15, 0.2) is 5.69 Å². The Hall–Kier alpha value is -3.47. The number of halogens is 2. The van der Waals surface area contributed by atoms with Gasteiger partial charge in [-0.25, -0.2) is 13.6 Å². The maximum absolute atomic E-state index is 14.7. The molecular weight excluding hydrogens is 572 g/mol. The van der Waals surface area contributed by atoms with Crippen LogP contribution in [0.2, 0.25) is 0 Å². The van der Waals surface area contributed by atoms with Gasteiger partial charge in [-0.15, -0.1) is 3.89 Å². The molecule has 0 bridgehead atoms. The van der Waals surface area contributed by atoms with Crippen LogP contribution in [0, 0.1) is 17.6 Å². The van der Waals surface area contributed by atoms with Crippen molar-refractivity contribution in [3.8, 4) is 0 Å². The monoisotopic (exact) mass is 608 g/mol. The second-order valence-corrected chi connectivity index (χ2v) is 14.6. The summed E-state index contributed by atoms with van der Waals surface area (Å²) in [5, 5.41) is 6.42. The van der Waals surface area contributed by atoms with Crippen LogP contribution in [0.4, 0.5) is 14.5 Å². The topological polar surface area (TPSA) is 92.3 Å². The van der Waals surface area contributed by atoms with Crippen LogP contribution in [-0.4, -0.2) is 39.4 Å². The van der Waals surface area contributed by atoms with Crippen LogP contribution in [0.15, 0.2) is 71.6 Å². The van der Waals surface area contributed by atoms with Gasteiger partial charge in [0.2, 0.25) is 0 Å². The average Bonchev–Trinajstić information content (AvgIpc) is 3.77. The van der Waals surface area contributed by atoms with Crippen LogP contribution in [0.3, 0.4) is 0 Å². The van der Waals surface area contributed by atoms with E-state index >= 15 is 0 Å². The minimum absolute atomic E-state index is 0.000640. The minimum Gasteiger partial charge on any atom is -0.343 e. The van der Waals surface area contributed by atoms with E-state index in [4.69, 9.17) is 0 Å². The lowest BCUT2D eigenvalue weighted by Crippen LogP contribution is -2.67. The Balaban J connectivity index is 1.52. The molecule has 2 aliphatic heterocycles. The lowest BCUT2D eigenvalue weighted by atomic mass is 9.68. The zero-order valence-electron chi connectivity index (χ0n) is 24.5. The van der Waals surface area contributed by atoms with Crippen LogP contribution < -0.4 is 14.5 Å². The van der Waals surface area contributed by atoms with Gasteiger partial charge >= 0.3 is 15.9 Å². The first kappa shape index (κ1) is 29.6. The van der Waals surface area contributed by atoms with Gasteiger partial charge in [-0.2, -0.15) is 8.42 Å². The fraction of sp³-hybridized carbons (Fsp3) is 0.394. The fourth-order valence-electron chi connectivity index (χ4n) is 7.50. The van der Waals surface area contributed by atoms with E-state index in [-0.39, 0.29) is 22.5 Å². The number of piperidine rings is 1. The van der Waals surface area contributed by atoms with Crippen molar-refractivity contribution in [2.75, 3.05) is 13.1 Å². The molecule has 3 aromatic rings. The smallest absolute Gasteiger partial charge is 0.339 e. The summed E-state index contributed by atoms with van der Waals surface area (Å²) in [4.78, 5) is 27.6. The van der Waals surface area contributed by atoms with Crippen LogP contribution in [-0.2, 0) is 25.8 Å². The van der Waals surface area contributed by atoms with E-state index in [2.05, 4.69) is 10.6 Å². The van der Waals surface area contributed by atoms with Crippen molar-refractivity contribution < 1.29 is 26.8 Å². The van der Waals surface area contributed by atoms with E-state index in [0.29, 0.717) is 42.7 Å². The van der Waals surface area contributed by atoms with Crippen molar-refractivity contribution >= 4 is 27.5 Å². The van der Waals surface area contributed by atoms with Crippen LogP contribution in [0.5, 0.6) is 0 Å². The molecule has 6 rings (SSSR count). The molecule has 43 heavy (non-hydrogen) atoms. The van der Waals surface area contributed by atoms with Gasteiger partial charge in [0.1, 0.15) is 22.6 Å². The van der Waals surface area contributed by atoms with Gasteiger partial charge in [-0.1, -0.05) is 12.1 Å². The molecule has 0 radical (unpaired) electrons. The Kier molecular flexibility index (Phi) is 7.10. The van der Waals surface area contributed by atoms with E-state index in [1.807, 2.05) is 13.8 Å². The molecule has 7 nitrogen and oxygen atoms in total. The summed E-state index contributed by atoms with van der Waals surface area (Å²) >= 11 is 0. The normalized spacial score (nSPS) is 23.1. The number of sulfonamides is 1. The number of amides is 2. The standard InChI is InChI=1S/C33H35F2N3O4S/c1-21(39)38(43(41,42)27-13-11-26(35)12-14-27)29-15-6-23(31(40)37-32(2,3)24-7-9-25(34)10-8-24)20-28(29)33(16-18-36-19-17-33)30(38)22-4-5-22/h6-15,20,22,30,36H,4-5,16-19H2,1-3H3/p+1. The summed E-state index contributed by atoms with van der Waals surface area (Å²) in [6.07, 6.45) is 2.83. The zero-order valence-corrected chi connectivity index (χ0v) is 25.3.